The zero-order chi connectivity index (χ0) is 12.6. The normalized spacial score (nSPS) is 12.2. The third-order valence-corrected chi connectivity index (χ3v) is 3.19. The molecule has 0 unspecified atom stereocenters. The zero-order valence-corrected chi connectivity index (χ0v) is 11.5. The molecule has 1 aromatic heterocycles. The lowest BCUT2D eigenvalue weighted by atomic mass is 10.1. The van der Waals surface area contributed by atoms with Gasteiger partial charge >= 0.3 is 0 Å². The third-order valence-electron chi connectivity index (χ3n) is 2.58. The molecule has 0 aliphatic rings. The number of benzene rings is 1. The lowest BCUT2D eigenvalue weighted by Gasteiger charge is -2.16. The van der Waals surface area contributed by atoms with Crippen LogP contribution in [-0.4, -0.2) is 20.5 Å². The smallest absolute Gasteiger partial charge is 0.107 e. The summed E-state index contributed by atoms with van der Waals surface area (Å²) in [5.74, 6) is 0. The van der Waals surface area contributed by atoms with Crippen LogP contribution in [0.25, 0.3) is 10.9 Å². The van der Waals surface area contributed by atoms with E-state index >= 15 is 0 Å². The van der Waals surface area contributed by atoms with Gasteiger partial charge in [-0.1, -0.05) is 0 Å². The third kappa shape index (κ3) is 2.98. The van der Waals surface area contributed by atoms with E-state index in [4.69, 9.17) is 5.73 Å². The van der Waals surface area contributed by atoms with Gasteiger partial charge in [0.05, 0.1) is 5.60 Å². The van der Waals surface area contributed by atoms with E-state index in [2.05, 4.69) is 21.0 Å². The number of hydrogen-bond donors (Lipinski definition) is 2. The summed E-state index contributed by atoms with van der Waals surface area (Å²) in [6.07, 6.45) is 2.61. The van der Waals surface area contributed by atoms with Crippen LogP contribution >= 0.6 is 15.9 Å². The first kappa shape index (κ1) is 12.4. The number of aliphatic hydroxyl groups is 1. The largest absolute Gasteiger partial charge is 0.399 e. The Morgan fingerprint density at radius 1 is 1.47 bits per heavy atom. The van der Waals surface area contributed by atoms with Crippen molar-refractivity contribution in [3.05, 3.63) is 22.8 Å². The van der Waals surface area contributed by atoms with E-state index in [-0.39, 0.29) is 0 Å². The van der Waals surface area contributed by atoms with Gasteiger partial charge in [0.2, 0.25) is 0 Å². The number of nitrogens with two attached hydrogens (primary N) is 1. The second-order valence-electron chi connectivity index (χ2n) is 4.90. The second kappa shape index (κ2) is 4.31. The predicted molar refractivity (Wildman–Crippen MR) is 72.8 cm³/mol. The number of halogens is 1. The van der Waals surface area contributed by atoms with Crippen molar-refractivity contribution in [2.24, 2.45) is 0 Å². The molecule has 1 aromatic carbocycles. The van der Waals surface area contributed by atoms with Gasteiger partial charge in [-0.25, -0.2) is 0 Å². The van der Waals surface area contributed by atoms with E-state index in [1.807, 2.05) is 23.0 Å². The highest BCUT2D eigenvalue weighted by Gasteiger charge is 2.13. The Labute approximate surface area is 109 Å². The fraction of sp³-hybridized carbons (Fsp3) is 0.417. The van der Waals surface area contributed by atoms with Crippen molar-refractivity contribution in [3.63, 3.8) is 0 Å². The molecule has 0 bridgehead atoms. The number of rotatable bonds is 3. The molecule has 0 fully saturated rings. The van der Waals surface area contributed by atoms with Gasteiger partial charge in [-0.2, -0.15) is 5.10 Å². The van der Waals surface area contributed by atoms with Crippen LogP contribution in [0.1, 0.15) is 20.3 Å². The Morgan fingerprint density at radius 3 is 2.82 bits per heavy atom. The van der Waals surface area contributed by atoms with Crippen molar-refractivity contribution < 1.29 is 5.11 Å². The van der Waals surface area contributed by atoms with Crippen molar-refractivity contribution in [2.75, 3.05) is 5.73 Å². The average molecular weight is 298 g/mol. The lowest BCUT2D eigenvalue weighted by molar-refractivity contribution is 0.0651. The van der Waals surface area contributed by atoms with Gasteiger partial charge in [0, 0.05) is 28.3 Å². The molecule has 2 rings (SSSR count). The maximum atomic E-state index is 9.68. The molecule has 0 radical (unpaired) electrons. The number of nitrogens with zero attached hydrogens (tertiary/aromatic N) is 2. The first-order chi connectivity index (χ1) is 7.85. The second-order valence-corrected chi connectivity index (χ2v) is 5.75. The molecule has 0 aliphatic carbocycles. The van der Waals surface area contributed by atoms with Gasteiger partial charge in [-0.15, -0.1) is 0 Å². The quantitative estimate of drug-likeness (QED) is 0.856. The van der Waals surface area contributed by atoms with Gasteiger partial charge in [-0.05, 0) is 48.3 Å². The summed E-state index contributed by atoms with van der Waals surface area (Å²) in [4.78, 5) is 0. The zero-order valence-electron chi connectivity index (χ0n) is 9.94. The SMILES string of the molecule is CC(C)(O)CCn1cc2cc(N)cc(Br)c2n1. The molecule has 0 saturated carbocycles. The summed E-state index contributed by atoms with van der Waals surface area (Å²) in [5.41, 5.74) is 6.71. The van der Waals surface area contributed by atoms with Crippen molar-refractivity contribution >= 4 is 32.5 Å². The molecule has 0 atom stereocenters. The maximum Gasteiger partial charge on any atom is 0.107 e. The van der Waals surface area contributed by atoms with Crippen molar-refractivity contribution in [2.45, 2.75) is 32.4 Å². The minimum absolute atomic E-state index is 0.661. The van der Waals surface area contributed by atoms with E-state index in [0.717, 1.165) is 15.4 Å². The number of aromatic nitrogens is 2. The topological polar surface area (TPSA) is 64.1 Å². The summed E-state index contributed by atoms with van der Waals surface area (Å²) in [7, 11) is 0. The van der Waals surface area contributed by atoms with E-state index in [1.165, 1.54) is 0 Å². The van der Waals surface area contributed by atoms with Crippen LogP contribution in [0.4, 0.5) is 5.69 Å². The van der Waals surface area contributed by atoms with Crippen molar-refractivity contribution in [3.8, 4) is 0 Å². The molecule has 3 N–H and O–H groups in total. The van der Waals surface area contributed by atoms with Crippen LogP contribution in [0.2, 0.25) is 0 Å². The molecular weight excluding hydrogens is 282 g/mol. The monoisotopic (exact) mass is 297 g/mol. The van der Waals surface area contributed by atoms with Gasteiger partial charge in [0.25, 0.3) is 0 Å². The molecule has 0 saturated heterocycles. The summed E-state index contributed by atoms with van der Waals surface area (Å²) >= 11 is 3.45. The van der Waals surface area contributed by atoms with E-state index in [1.54, 1.807) is 13.8 Å². The summed E-state index contributed by atoms with van der Waals surface area (Å²) in [6, 6.07) is 3.74. The van der Waals surface area contributed by atoms with Crippen LogP contribution in [0.15, 0.2) is 22.8 Å². The summed E-state index contributed by atoms with van der Waals surface area (Å²) in [5, 5.41) is 15.1. The minimum atomic E-state index is -0.672. The Bertz CT molecular complexity index is 542. The molecular formula is C12H16BrN3O. The van der Waals surface area contributed by atoms with Gasteiger partial charge in [0.1, 0.15) is 5.52 Å². The van der Waals surface area contributed by atoms with E-state index < -0.39 is 5.60 Å². The highest BCUT2D eigenvalue weighted by atomic mass is 79.9. The number of nitrogen functional groups attached to an aromatic ring is 1. The van der Waals surface area contributed by atoms with Gasteiger partial charge < -0.3 is 10.8 Å². The molecule has 0 spiro atoms. The van der Waals surface area contributed by atoms with Gasteiger partial charge in [0.15, 0.2) is 0 Å². The Morgan fingerprint density at radius 2 is 2.18 bits per heavy atom. The molecule has 0 amide bonds. The maximum absolute atomic E-state index is 9.68. The first-order valence-corrected chi connectivity index (χ1v) is 6.29. The fourth-order valence-electron chi connectivity index (χ4n) is 1.67. The first-order valence-electron chi connectivity index (χ1n) is 5.50. The Hall–Kier alpha value is -1.07. The van der Waals surface area contributed by atoms with Crippen LogP contribution in [-0.2, 0) is 6.54 Å². The average Bonchev–Trinajstić information content (AvgIpc) is 2.56. The summed E-state index contributed by atoms with van der Waals surface area (Å²) < 4.78 is 2.74. The molecule has 92 valence electrons. The van der Waals surface area contributed by atoms with Crippen molar-refractivity contribution in [1.82, 2.24) is 9.78 Å². The highest BCUT2D eigenvalue weighted by Crippen LogP contribution is 2.26. The molecule has 2 aromatic rings. The highest BCUT2D eigenvalue weighted by molar-refractivity contribution is 9.10. The minimum Gasteiger partial charge on any atom is -0.399 e. The lowest BCUT2D eigenvalue weighted by Crippen LogP contribution is -2.21. The predicted octanol–water partition coefficient (Wildman–Crippen LogP) is 2.54. The van der Waals surface area contributed by atoms with E-state index in [0.29, 0.717) is 18.7 Å². The van der Waals surface area contributed by atoms with Crippen LogP contribution < -0.4 is 5.73 Å². The molecule has 5 heteroatoms. The van der Waals surface area contributed by atoms with Crippen LogP contribution in [0.5, 0.6) is 0 Å². The van der Waals surface area contributed by atoms with Crippen LogP contribution in [0.3, 0.4) is 0 Å². The number of hydrogen-bond acceptors (Lipinski definition) is 3. The summed E-state index contributed by atoms with van der Waals surface area (Å²) in [6.45, 7) is 4.28. The molecule has 1 heterocycles. The molecule has 17 heavy (non-hydrogen) atoms. The standard InChI is InChI=1S/C12H16BrN3O/c1-12(2,17)3-4-16-7-8-5-9(14)6-10(13)11(8)15-16/h5-7,17H,3-4,14H2,1-2H3. The van der Waals surface area contributed by atoms with Gasteiger partial charge in [-0.3, -0.25) is 4.68 Å². The molecule has 4 nitrogen and oxygen atoms in total. The van der Waals surface area contributed by atoms with Crippen LogP contribution in [0, 0.1) is 0 Å². The number of aryl methyl sites for hydroxylation is 1. The number of fused-ring (bicyclic) bond motifs is 1. The Balaban J connectivity index is 2.29. The van der Waals surface area contributed by atoms with E-state index in [9.17, 15) is 5.11 Å². The Kier molecular flexibility index (Phi) is 3.14. The van der Waals surface area contributed by atoms with Crippen molar-refractivity contribution in [1.29, 1.82) is 0 Å². The fourth-order valence-corrected chi connectivity index (χ4v) is 2.24. The number of anilines is 1. The molecule has 0 aliphatic heterocycles.